The Kier molecular flexibility index (Phi) is 9.22. The minimum Gasteiger partial charge on any atom is -0.461 e. The summed E-state index contributed by atoms with van der Waals surface area (Å²) < 4.78 is 10.7. The van der Waals surface area contributed by atoms with Crippen LogP contribution in [0, 0.1) is 0 Å². The number of esters is 2. The Hall–Kier alpha value is -4.17. The quantitative estimate of drug-likeness (QED) is 0.182. The number of oxime groups is 1. The normalized spacial score (nSPS) is 19.0. The highest BCUT2D eigenvalue weighted by molar-refractivity contribution is 8.00. The second kappa shape index (κ2) is 12.8. The van der Waals surface area contributed by atoms with Gasteiger partial charge in [-0.3, -0.25) is 19.3 Å². The Morgan fingerprint density at radius 2 is 1.98 bits per heavy atom. The number of amides is 2. The van der Waals surface area contributed by atoms with Crippen LogP contribution in [0.2, 0.25) is 0 Å². The fourth-order valence-corrected chi connectivity index (χ4v) is 5.87. The number of β-lactam (4-membered cyclic amide) rings is 1. The summed E-state index contributed by atoms with van der Waals surface area (Å²) in [6.45, 7) is 2.90. The highest BCUT2D eigenvalue weighted by atomic mass is 32.2. The monoisotopic (exact) mass is 585 g/mol. The Bertz CT molecular complexity index is 1400. The number of fused-ring (bicyclic) bond motifs is 1. The van der Waals surface area contributed by atoms with Gasteiger partial charge in [0.15, 0.2) is 10.8 Å². The molecule has 3 N–H and O–H groups in total. The topological polar surface area (TPSA) is 163 Å². The predicted molar refractivity (Wildman–Crippen MR) is 150 cm³/mol. The van der Waals surface area contributed by atoms with E-state index in [1.165, 1.54) is 30.7 Å². The van der Waals surface area contributed by atoms with Gasteiger partial charge in [0.1, 0.15) is 43.1 Å². The first-order valence-electron chi connectivity index (χ1n) is 12.0. The van der Waals surface area contributed by atoms with Crippen LogP contribution in [-0.4, -0.2) is 76.8 Å². The van der Waals surface area contributed by atoms with Crippen LogP contribution in [0.25, 0.3) is 6.08 Å². The Labute approximate surface area is 238 Å². The number of nitrogens with two attached hydrogens (primary N) is 1. The first-order chi connectivity index (χ1) is 19.2. The molecule has 4 rings (SSSR count). The lowest BCUT2D eigenvalue weighted by molar-refractivity contribution is -0.152. The van der Waals surface area contributed by atoms with E-state index in [1.807, 2.05) is 43.3 Å². The average molecular weight is 586 g/mol. The minimum absolute atomic E-state index is 0.00562. The number of rotatable bonds is 10. The van der Waals surface area contributed by atoms with Crippen molar-refractivity contribution in [3.8, 4) is 0 Å². The summed E-state index contributed by atoms with van der Waals surface area (Å²) in [5.74, 6) is -2.19. The van der Waals surface area contributed by atoms with Gasteiger partial charge >= 0.3 is 11.9 Å². The van der Waals surface area contributed by atoms with E-state index >= 15 is 0 Å². The molecule has 2 amide bonds. The molecule has 2 atom stereocenters. The SMILES string of the molecule is CO/N=C(\C(=O)NC1C(=O)N2C(C(=O)OC/C(C)=C/c3ccccc3)=C(COC(C)=O)CS[C@H]12)c1csc(N)n1. The van der Waals surface area contributed by atoms with Crippen LogP contribution in [0.1, 0.15) is 25.1 Å². The third-order valence-electron chi connectivity index (χ3n) is 5.78. The smallest absolute Gasteiger partial charge is 0.355 e. The number of ether oxygens (including phenoxy) is 2. The fraction of sp³-hybridized carbons (Fsp3) is 0.308. The number of thiazole rings is 1. The molecule has 0 bridgehead atoms. The summed E-state index contributed by atoms with van der Waals surface area (Å²) in [7, 11) is 1.28. The first-order valence-corrected chi connectivity index (χ1v) is 13.9. The van der Waals surface area contributed by atoms with E-state index < -0.39 is 35.2 Å². The van der Waals surface area contributed by atoms with E-state index in [1.54, 1.807) is 5.38 Å². The molecule has 2 aliphatic heterocycles. The van der Waals surface area contributed by atoms with Crippen molar-refractivity contribution in [2.24, 2.45) is 5.16 Å². The third kappa shape index (κ3) is 6.51. The summed E-state index contributed by atoms with van der Waals surface area (Å²) in [4.78, 5) is 61.1. The molecule has 0 radical (unpaired) electrons. The zero-order valence-electron chi connectivity index (χ0n) is 21.9. The molecule has 12 nitrogen and oxygen atoms in total. The number of aromatic nitrogens is 1. The number of nitrogens with zero attached hydrogens (tertiary/aromatic N) is 3. The minimum atomic E-state index is -0.951. The van der Waals surface area contributed by atoms with Crippen molar-refractivity contribution in [2.75, 3.05) is 31.8 Å². The van der Waals surface area contributed by atoms with E-state index in [0.717, 1.165) is 22.5 Å². The van der Waals surface area contributed by atoms with Gasteiger partial charge in [-0.1, -0.05) is 41.6 Å². The van der Waals surface area contributed by atoms with Crippen LogP contribution in [0.3, 0.4) is 0 Å². The molecule has 1 saturated heterocycles. The van der Waals surface area contributed by atoms with E-state index in [4.69, 9.17) is 20.0 Å². The van der Waals surface area contributed by atoms with Crippen molar-refractivity contribution in [3.05, 3.63) is 63.8 Å². The highest BCUT2D eigenvalue weighted by Crippen LogP contribution is 2.41. The second-order valence-electron chi connectivity index (χ2n) is 8.76. The molecule has 1 aromatic carbocycles. The van der Waals surface area contributed by atoms with Crippen molar-refractivity contribution < 1.29 is 33.5 Å². The van der Waals surface area contributed by atoms with Gasteiger partial charge in [-0.15, -0.1) is 23.1 Å². The largest absolute Gasteiger partial charge is 0.461 e. The number of thioether (sulfide) groups is 1. The van der Waals surface area contributed by atoms with Gasteiger partial charge in [0.2, 0.25) is 0 Å². The first kappa shape index (κ1) is 28.8. The highest BCUT2D eigenvalue weighted by Gasteiger charge is 2.54. The molecule has 0 spiro atoms. The molecule has 14 heteroatoms. The molecule has 0 saturated carbocycles. The maximum Gasteiger partial charge on any atom is 0.355 e. The fourth-order valence-electron chi connectivity index (χ4n) is 4.00. The average Bonchev–Trinajstić information content (AvgIpc) is 3.37. The van der Waals surface area contributed by atoms with Crippen molar-refractivity contribution in [3.63, 3.8) is 0 Å². The molecule has 1 unspecified atom stereocenters. The van der Waals surface area contributed by atoms with Gasteiger partial charge in [0, 0.05) is 23.6 Å². The zero-order valence-corrected chi connectivity index (χ0v) is 23.5. The van der Waals surface area contributed by atoms with E-state index in [2.05, 4.69) is 15.5 Å². The number of benzene rings is 1. The summed E-state index contributed by atoms with van der Waals surface area (Å²) in [5, 5.41) is 7.58. The molecule has 0 aliphatic carbocycles. The lowest BCUT2D eigenvalue weighted by atomic mass is 10.0. The molecule has 2 aliphatic rings. The summed E-state index contributed by atoms with van der Waals surface area (Å²) in [6, 6.07) is 8.60. The number of hydrogen-bond acceptors (Lipinski definition) is 12. The number of hydrogen-bond donors (Lipinski definition) is 2. The van der Waals surface area contributed by atoms with Gasteiger partial charge < -0.3 is 25.4 Å². The van der Waals surface area contributed by atoms with E-state index in [-0.39, 0.29) is 41.2 Å². The van der Waals surface area contributed by atoms with Crippen LogP contribution in [0.15, 0.2) is 57.7 Å². The number of anilines is 1. The number of nitrogen functional groups attached to an aromatic ring is 1. The van der Waals surface area contributed by atoms with E-state index in [0.29, 0.717) is 5.57 Å². The number of carbonyl (C=O) groups is 4. The number of carbonyl (C=O) groups excluding carboxylic acids is 4. The molecule has 3 heterocycles. The van der Waals surface area contributed by atoms with Crippen LogP contribution < -0.4 is 11.1 Å². The Morgan fingerprint density at radius 1 is 1.23 bits per heavy atom. The van der Waals surface area contributed by atoms with Crippen LogP contribution in [0.5, 0.6) is 0 Å². The van der Waals surface area contributed by atoms with Crippen molar-refractivity contribution >= 4 is 63.8 Å². The van der Waals surface area contributed by atoms with Gasteiger partial charge in [-0.2, -0.15) is 0 Å². The Morgan fingerprint density at radius 3 is 2.62 bits per heavy atom. The lowest BCUT2D eigenvalue weighted by Crippen LogP contribution is -2.71. The second-order valence-corrected chi connectivity index (χ2v) is 10.8. The summed E-state index contributed by atoms with van der Waals surface area (Å²) in [5.41, 5.74) is 7.91. The molecular weight excluding hydrogens is 558 g/mol. The standard InChI is InChI=1S/C26H27N5O7S2/c1-14(9-16-7-5-4-6-8-16)10-38-25(35)21-17(11-37-15(2)32)12-39-24-20(23(34)31(21)24)29-22(33)19(30-36-3)18-13-40-26(27)28-18/h4-9,13,20,24H,10-12H2,1-3H3,(H2,27,28)(H,29,33)/b14-9+,30-19-/t20?,24-/m1/s1. The Balaban J connectivity index is 1.50. The van der Waals surface area contributed by atoms with Crippen molar-refractivity contribution in [1.82, 2.24) is 15.2 Å². The zero-order chi connectivity index (χ0) is 28.8. The van der Waals surface area contributed by atoms with Gasteiger partial charge in [-0.05, 0) is 18.1 Å². The van der Waals surface area contributed by atoms with Crippen LogP contribution in [-0.2, 0) is 33.5 Å². The molecular formula is C26H27N5O7S2. The maximum atomic E-state index is 13.3. The van der Waals surface area contributed by atoms with Crippen molar-refractivity contribution in [2.45, 2.75) is 25.3 Å². The predicted octanol–water partition coefficient (Wildman–Crippen LogP) is 1.94. The van der Waals surface area contributed by atoms with E-state index in [9.17, 15) is 19.2 Å². The van der Waals surface area contributed by atoms with Gasteiger partial charge in [-0.25, -0.2) is 9.78 Å². The van der Waals surface area contributed by atoms with Gasteiger partial charge in [0.05, 0.1) is 0 Å². The molecule has 210 valence electrons. The summed E-state index contributed by atoms with van der Waals surface area (Å²) >= 11 is 2.44. The summed E-state index contributed by atoms with van der Waals surface area (Å²) in [6.07, 6.45) is 1.89. The van der Waals surface area contributed by atoms with Crippen LogP contribution >= 0.6 is 23.1 Å². The maximum absolute atomic E-state index is 13.3. The van der Waals surface area contributed by atoms with Crippen LogP contribution in [0.4, 0.5) is 5.13 Å². The molecule has 40 heavy (non-hydrogen) atoms. The molecule has 2 aromatic rings. The third-order valence-corrected chi connectivity index (χ3v) is 7.80. The molecule has 1 aromatic heterocycles. The van der Waals surface area contributed by atoms with Gasteiger partial charge in [0.25, 0.3) is 11.8 Å². The van der Waals surface area contributed by atoms with Crippen molar-refractivity contribution in [1.29, 1.82) is 0 Å². The molecule has 1 fully saturated rings. The number of nitrogens with one attached hydrogen (secondary N) is 1. The lowest BCUT2D eigenvalue weighted by Gasteiger charge is -2.49.